The molecule has 106 valence electrons. The topological polar surface area (TPSA) is 26.3 Å². The van der Waals surface area contributed by atoms with Crippen LogP contribution in [0.2, 0.25) is 0 Å². The summed E-state index contributed by atoms with van der Waals surface area (Å²) in [6.45, 7) is 2.71. The van der Waals surface area contributed by atoms with Gasteiger partial charge >= 0.3 is 0 Å². The van der Waals surface area contributed by atoms with Crippen molar-refractivity contribution in [3.05, 3.63) is 47.4 Å². The number of carbonyl (C=O) groups is 1. The Morgan fingerprint density at radius 2 is 2.00 bits per heavy atom. The third kappa shape index (κ3) is 3.72. The fraction of sp³-hybridized carbons (Fsp3) is 0.214. The van der Waals surface area contributed by atoms with Gasteiger partial charge in [0.1, 0.15) is 5.75 Å². The Kier molecular flexibility index (Phi) is 5.84. The summed E-state index contributed by atoms with van der Waals surface area (Å²) in [6, 6.07) is 7.23. The highest BCUT2D eigenvalue weighted by Crippen LogP contribution is 2.34. The van der Waals surface area contributed by atoms with E-state index in [2.05, 4.69) is 54.7 Å². The molecular weight excluding hydrogens is 472 g/mol. The van der Waals surface area contributed by atoms with E-state index in [-0.39, 0.29) is 5.78 Å². The normalized spacial score (nSPS) is 10.6. The monoisotopic (exact) mass is 480 g/mol. The van der Waals surface area contributed by atoms with E-state index in [9.17, 15) is 4.79 Å². The first-order valence-electron chi connectivity index (χ1n) is 5.94. The number of ether oxygens (including phenoxy) is 1. The zero-order chi connectivity index (χ0) is 14.7. The lowest BCUT2D eigenvalue weighted by Gasteiger charge is -2.08. The molecule has 0 unspecified atom stereocenters. The van der Waals surface area contributed by atoms with E-state index in [0.717, 1.165) is 24.2 Å². The molecular formula is C14H11Br3O2S. The number of thiophene rings is 1. The van der Waals surface area contributed by atoms with E-state index in [1.54, 1.807) is 12.1 Å². The highest BCUT2D eigenvalue weighted by molar-refractivity contribution is 9.12. The molecule has 0 aliphatic rings. The second-order valence-electron chi connectivity index (χ2n) is 4.06. The lowest BCUT2D eigenvalue weighted by Crippen LogP contribution is -2.02. The maximum Gasteiger partial charge on any atom is 0.195 e. The van der Waals surface area contributed by atoms with Gasteiger partial charge in [-0.3, -0.25) is 4.79 Å². The molecule has 0 aliphatic heterocycles. The van der Waals surface area contributed by atoms with Crippen molar-refractivity contribution in [2.24, 2.45) is 0 Å². The minimum Gasteiger partial charge on any atom is -0.492 e. The van der Waals surface area contributed by atoms with E-state index in [1.165, 1.54) is 11.3 Å². The summed E-state index contributed by atoms with van der Waals surface area (Å²) in [4.78, 5) is 12.5. The van der Waals surface area contributed by atoms with Gasteiger partial charge in [0.25, 0.3) is 0 Å². The zero-order valence-electron chi connectivity index (χ0n) is 10.6. The number of hydrogen-bond donors (Lipinski definition) is 0. The molecule has 0 atom stereocenters. The Hall–Kier alpha value is -0.170. The van der Waals surface area contributed by atoms with Crippen LogP contribution in [0.25, 0.3) is 0 Å². The third-order valence-electron chi connectivity index (χ3n) is 2.56. The predicted molar refractivity (Wildman–Crippen MR) is 93.1 cm³/mol. The molecule has 0 fully saturated rings. The Morgan fingerprint density at radius 1 is 1.25 bits per heavy atom. The Morgan fingerprint density at radius 3 is 2.55 bits per heavy atom. The van der Waals surface area contributed by atoms with Crippen molar-refractivity contribution in [1.29, 1.82) is 0 Å². The van der Waals surface area contributed by atoms with Gasteiger partial charge in [-0.1, -0.05) is 6.92 Å². The number of ketones is 1. The SMILES string of the molecule is CCCOc1ccc(C(=O)c2cc(Br)sc2Br)cc1Br. The molecule has 2 rings (SSSR count). The average molecular weight is 483 g/mol. The number of rotatable bonds is 5. The van der Waals surface area contributed by atoms with Crippen LogP contribution in [0.5, 0.6) is 5.75 Å². The summed E-state index contributed by atoms with van der Waals surface area (Å²) in [6.07, 6.45) is 0.947. The molecule has 0 radical (unpaired) electrons. The maximum atomic E-state index is 12.5. The molecule has 1 aromatic carbocycles. The summed E-state index contributed by atoms with van der Waals surface area (Å²) in [5, 5.41) is 0. The van der Waals surface area contributed by atoms with Gasteiger partial charge in [-0.2, -0.15) is 0 Å². The van der Waals surface area contributed by atoms with Crippen LogP contribution in [0.3, 0.4) is 0 Å². The van der Waals surface area contributed by atoms with Crippen LogP contribution >= 0.6 is 59.1 Å². The molecule has 0 amide bonds. The third-order valence-corrected chi connectivity index (χ3v) is 5.52. The van der Waals surface area contributed by atoms with Crippen LogP contribution in [0, 0.1) is 0 Å². The predicted octanol–water partition coefficient (Wildman–Crippen LogP) is 6.06. The minimum absolute atomic E-state index is 0.0124. The highest BCUT2D eigenvalue weighted by Gasteiger charge is 2.16. The molecule has 0 saturated carbocycles. The zero-order valence-corrected chi connectivity index (χ0v) is 16.2. The van der Waals surface area contributed by atoms with E-state index < -0.39 is 0 Å². The van der Waals surface area contributed by atoms with Crippen LogP contribution < -0.4 is 4.74 Å². The first-order valence-corrected chi connectivity index (χ1v) is 9.14. The lowest BCUT2D eigenvalue weighted by atomic mass is 10.1. The summed E-state index contributed by atoms with van der Waals surface area (Å²) in [5.41, 5.74) is 1.29. The largest absolute Gasteiger partial charge is 0.492 e. The van der Waals surface area contributed by atoms with Crippen molar-refractivity contribution >= 4 is 64.9 Å². The minimum atomic E-state index is -0.0124. The summed E-state index contributed by atoms with van der Waals surface area (Å²) in [7, 11) is 0. The van der Waals surface area contributed by atoms with Crippen molar-refractivity contribution in [1.82, 2.24) is 0 Å². The second-order valence-corrected chi connectivity index (χ2v) is 8.66. The van der Waals surface area contributed by atoms with Gasteiger partial charge in [0.05, 0.1) is 18.7 Å². The summed E-state index contributed by atoms with van der Waals surface area (Å²) < 4.78 is 8.13. The molecule has 1 heterocycles. The maximum absolute atomic E-state index is 12.5. The summed E-state index contributed by atoms with van der Waals surface area (Å²) in [5.74, 6) is 0.746. The molecule has 2 nitrogen and oxygen atoms in total. The number of halogens is 3. The van der Waals surface area contributed by atoms with Crippen molar-refractivity contribution in [2.75, 3.05) is 6.61 Å². The van der Waals surface area contributed by atoms with Gasteiger partial charge in [0, 0.05) is 11.1 Å². The quantitative estimate of drug-likeness (QED) is 0.484. The van der Waals surface area contributed by atoms with Crippen molar-refractivity contribution in [3.8, 4) is 5.75 Å². The van der Waals surface area contributed by atoms with Crippen LogP contribution in [0.15, 0.2) is 36.3 Å². The van der Waals surface area contributed by atoms with Crippen molar-refractivity contribution < 1.29 is 9.53 Å². The van der Waals surface area contributed by atoms with Crippen LogP contribution in [-0.2, 0) is 0 Å². The Bertz CT molecular complexity index is 637. The van der Waals surface area contributed by atoms with Crippen molar-refractivity contribution in [2.45, 2.75) is 13.3 Å². The van der Waals surface area contributed by atoms with Gasteiger partial charge in [0.15, 0.2) is 5.78 Å². The number of benzene rings is 1. The van der Waals surface area contributed by atoms with Crippen LogP contribution in [0.1, 0.15) is 29.3 Å². The molecule has 2 aromatic rings. The highest BCUT2D eigenvalue weighted by atomic mass is 79.9. The first-order chi connectivity index (χ1) is 9.52. The van der Waals surface area contributed by atoms with Gasteiger partial charge in [-0.15, -0.1) is 11.3 Å². The summed E-state index contributed by atoms with van der Waals surface area (Å²) >= 11 is 11.7. The van der Waals surface area contributed by atoms with Gasteiger partial charge < -0.3 is 4.74 Å². The fourth-order valence-electron chi connectivity index (χ4n) is 1.62. The van der Waals surface area contributed by atoms with Gasteiger partial charge in [-0.05, 0) is 78.5 Å². The van der Waals surface area contributed by atoms with Crippen molar-refractivity contribution in [3.63, 3.8) is 0 Å². The molecule has 0 bridgehead atoms. The van der Waals surface area contributed by atoms with E-state index in [1.807, 2.05) is 12.1 Å². The van der Waals surface area contributed by atoms with E-state index in [4.69, 9.17) is 4.74 Å². The molecule has 20 heavy (non-hydrogen) atoms. The lowest BCUT2D eigenvalue weighted by molar-refractivity contribution is 0.103. The standard InChI is InChI=1S/C14H11Br3O2S/c1-2-5-19-11-4-3-8(6-10(11)15)13(18)9-7-12(16)20-14(9)17/h3-4,6-7H,2,5H2,1H3. The Labute approximate surface area is 146 Å². The molecule has 0 aliphatic carbocycles. The molecule has 0 saturated heterocycles. The Balaban J connectivity index is 2.27. The number of carbonyl (C=O) groups excluding carboxylic acids is 1. The van der Waals surface area contributed by atoms with Crippen LogP contribution in [0.4, 0.5) is 0 Å². The van der Waals surface area contributed by atoms with E-state index >= 15 is 0 Å². The molecule has 0 N–H and O–H groups in total. The molecule has 6 heteroatoms. The average Bonchev–Trinajstić information content (AvgIpc) is 2.75. The second kappa shape index (κ2) is 7.20. The van der Waals surface area contributed by atoms with Gasteiger partial charge in [-0.25, -0.2) is 0 Å². The molecule has 0 spiro atoms. The van der Waals surface area contributed by atoms with Crippen LogP contribution in [-0.4, -0.2) is 12.4 Å². The smallest absolute Gasteiger partial charge is 0.195 e. The fourth-order valence-corrected chi connectivity index (χ4v) is 4.91. The first kappa shape index (κ1) is 16.2. The van der Waals surface area contributed by atoms with Gasteiger partial charge in [0.2, 0.25) is 0 Å². The molecule has 1 aromatic heterocycles. The van der Waals surface area contributed by atoms with E-state index in [0.29, 0.717) is 17.7 Å². The number of hydrogen-bond acceptors (Lipinski definition) is 3.